The number of ether oxygens (including phenoxy) is 1. The van der Waals surface area contributed by atoms with E-state index in [1.54, 1.807) is 23.9 Å². The molecule has 1 saturated heterocycles. The summed E-state index contributed by atoms with van der Waals surface area (Å²) in [5, 5.41) is 4.28. The van der Waals surface area contributed by atoms with Gasteiger partial charge in [-0.3, -0.25) is 4.99 Å². The van der Waals surface area contributed by atoms with Crippen molar-refractivity contribution in [3.05, 3.63) is 29.8 Å². The molecule has 0 aromatic heterocycles. The maximum atomic E-state index is 12.7. The standard InChI is InChI=1S/C17H25N3O3S2/c1-17(2)12-18-16(19-13-17)24-11-14-4-3-5-15(10-14)25(21,22)20-6-8-23-9-7-20/h3-5,10H,6-9,11-13H2,1-2H3,(H,18,19). The number of benzene rings is 1. The Balaban J connectivity index is 1.66. The smallest absolute Gasteiger partial charge is 0.243 e. The van der Waals surface area contributed by atoms with Gasteiger partial charge in [0.15, 0.2) is 5.17 Å². The molecule has 1 N–H and O–H groups in total. The fraction of sp³-hybridized carbons (Fsp3) is 0.588. The molecule has 3 rings (SSSR count). The Kier molecular flexibility index (Phi) is 5.72. The lowest BCUT2D eigenvalue weighted by atomic mass is 9.93. The summed E-state index contributed by atoms with van der Waals surface area (Å²) in [6.45, 7) is 7.83. The van der Waals surface area contributed by atoms with Crippen LogP contribution in [-0.2, 0) is 20.5 Å². The van der Waals surface area contributed by atoms with Gasteiger partial charge in [-0.15, -0.1) is 0 Å². The van der Waals surface area contributed by atoms with Gasteiger partial charge in [-0.2, -0.15) is 4.31 Å². The third-order valence-corrected chi connectivity index (χ3v) is 7.17. The summed E-state index contributed by atoms with van der Waals surface area (Å²) in [5.41, 5.74) is 1.17. The summed E-state index contributed by atoms with van der Waals surface area (Å²) in [5.74, 6) is 0.693. The third-order valence-electron chi connectivity index (χ3n) is 4.25. The first-order valence-corrected chi connectivity index (χ1v) is 10.9. The van der Waals surface area contributed by atoms with Gasteiger partial charge in [0.25, 0.3) is 0 Å². The minimum atomic E-state index is -3.44. The highest BCUT2D eigenvalue weighted by Crippen LogP contribution is 2.23. The number of hydrogen-bond acceptors (Lipinski definition) is 6. The number of aliphatic imine (C=N–C) groups is 1. The van der Waals surface area contributed by atoms with Crippen molar-refractivity contribution in [1.82, 2.24) is 9.62 Å². The number of hydrogen-bond donors (Lipinski definition) is 1. The number of sulfonamides is 1. The van der Waals surface area contributed by atoms with Crippen molar-refractivity contribution in [2.24, 2.45) is 10.4 Å². The van der Waals surface area contributed by atoms with E-state index in [1.807, 2.05) is 12.1 Å². The Hall–Kier alpha value is -1.09. The van der Waals surface area contributed by atoms with E-state index in [1.165, 1.54) is 4.31 Å². The minimum absolute atomic E-state index is 0.191. The van der Waals surface area contributed by atoms with Crippen molar-refractivity contribution in [1.29, 1.82) is 0 Å². The molecule has 6 nitrogen and oxygen atoms in total. The van der Waals surface area contributed by atoms with Crippen LogP contribution in [0.3, 0.4) is 0 Å². The Morgan fingerprint density at radius 2 is 2.08 bits per heavy atom. The molecular weight excluding hydrogens is 358 g/mol. The van der Waals surface area contributed by atoms with Crippen LogP contribution in [-0.4, -0.2) is 57.3 Å². The van der Waals surface area contributed by atoms with E-state index >= 15 is 0 Å². The molecule has 0 atom stereocenters. The number of morpholine rings is 1. The van der Waals surface area contributed by atoms with Crippen molar-refractivity contribution in [3.8, 4) is 0 Å². The number of nitrogens with zero attached hydrogens (tertiary/aromatic N) is 2. The second-order valence-corrected chi connectivity index (χ2v) is 9.99. The molecular formula is C17H25N3O3S2. The van der Waals surface area contributed by atoms with Crippen LogP contribution in [0.5, 0.6) is 0 Å². The van der Waals surface area contributed by atoms with Crippen LogP contribution in [0.1, 0.15) is 19.4 Å². The molecule has 2 aliphatic rings. The number of rotatable bonds is 4. The lowest BCUT2D eigenvalue weighted by Crippen LogP contribution is -2.40. The van der Waals surface area contributed by atoms with Crippen molar-refractivity contribution in [2.45, 2.75) is 24.5 Å². The molecule has 1 aromatic rings. The molecule has 8 heteroatoms. The van der Waals surface area contributed by atoms with E-state index in [9.17, 15) is 8.42 Å². The third kappa shape index (κ3) is 4.75. The SMILES string of the molecule is CC1(C)CN=C(SCc2cccc(S(=O)(=O)N3CCOCC3)c2)NC1. The van der Waals surface area contributed by atoms with Gasteiger partial charge in [0.1, 0.15) is 0 Å². The zero-order valence-corrected chi connectivity index (χ0v) is 16.3. The van der Waals surface area contributed by atoms with Crippen LogP contribution in [0.4, 0.5) is 0 Å². The monoisotopic (exact) mass is 383 g/mol. The molecule has 0 saturated carbocycles. The maximum Gasteiger partial charge on any atom is 0.243 e. The molecule has 0 bridgehead atoms. The van der Waals surface area contributed by atoms with Gasteiger partial charge in [-0.25, -0.2) is 8.42 Å². The number of amidine groups is 1. The van der Waals surface area contributed by atoms with E-state index < -0.39 is 10.0 Å². The Morgan fingerprint density at radius 3 is 2.76 bits per heavy atom. The zero-order valence-electron chi connectivity index (χ0n) is 14.7. The number of thioether (sulfide) groups is 1. The van der Waals surface area contributed by atoms with E-state index in [2.05, 4.69) is 24.2 Å². The van der Waals surface area contributed by atoms with Crippen LogP contribution >= 0.6 is 11.8 Å². The largest absolute Gasteiger partial charge is 0.379 e. The van der Waals surface area contributed by atoms with Gasteiger partial charge >= 0.3 is 0 Å². The van der Waals surface area contributed by atoms with E-state index in [-0.39, 0.29) is 5.41 Å². The van der Waals surface area contributed by atoms with Crippen molar-refractivity contribution in [3.63, 3.8) is 0 Å². The lowest BCUT2D eigenvalue weighted by molar-refractivity contribution is 0.0730. The Labute approximate surface area is 154 Å². The highest BCUT2D eigenvalue weighted by atomic mass is 32.2. The molecule has 2 aliphatic heterocycles. The summed E-state index contributed by atoms with van der Waals surface area (Å²) in [6, 6.07) is 7.20. The van der Waals surface area contributed by atoms with Gasteiger partial charge in [0.2, 0.25) is 10.0 Å². The second-order valence-electron chi connectivity index (χ2n) is 7.09. The average Bonchev–Trinajstić information content (AvgIpc) is 2.62. The number of nitrogens with one attached hydrogen (secondary N) is 1. The topological polar surface area (TPSA) is 71.0 Å². The molecule has 0 radical (unpaired) electrons. The van der Waals surface area contributed by atoms with Gasteiger partial charge < -0.3 is 10.1 Å². The Morgan fingerprint density at radius 1 is 1.32 bits per heavy atom. The van der Waals surface area contributed by atoms with Crippen LogP contribution in [0, 0.1) is 5.41 Å². The zero-order chi connectivity index (χ0) is 17.9. The first-order chi connectivity index (χ1) is 11.9. The van der Waals surface area contributed by atoms with Crippen LogP contribution in [0.25, 0.3) is 0 Å². The minimum Gasteiger partial charge on any atom is -0.379 e. The molecule has 0 aliphatic carbocycles. The molecule has 0 amide bonds. The van der Waals surface area contributed by atoms with Gasteiger partial charge in [-0.05, 0) is 17.7 Å². The molecule has 1 aromatic carbocycles. The fourth-order valence-corrected chi connectivity index (χ4v) is 4.98. The van der Waals surface area contributed by atoms with Gasteiger partial charge in [-0.1, -0.05) is 37.7 Å². The predicted octanol–water partition coefficient (Wildman–Crippen LogP) is 1.93. The van der Waals surface area contributed by atoms with Crippen LogP contribution < -0.4 is 5.32 Å². The van der Waals surface area contributed by atoms with Crippen LogP contribution in [0.15, 0.2) is 34.2 Å². The molecule has 0 unspecified atom stereocenters. The molecule has 138 valence electrons. The van der Waals surface area contributed by atoms with Crippen LogP contribution in [0.2, 0.25) is 0 Å². The summed E-state index contributed by atoms with van der Waals surface area (Å²) in [6.07, 6.45) is 0. The highest BCUT2D eigenvalue weighted by Gasteiger charge is 2.26. The first-order valence-electron chi connectivity index (χ1n) is 8.45. The van der Waals surface area contributed by atoms with Crippen molar-refractivity contribution < 1.29 is 13.2 Å². The average molecular weight is 384 g/mol. The van der Waals surface area contributed by atoms with Gasteiger partial charge in [0.05, 0.1) is 18.1 Å². The summed E-state index contributed by atoms with van der Waals surface area (Å²) in [7, 11) is -3.44. The fourth-order valence-electron chi connectivity index (χ4n) is 2.69. The second kappa shape index (κ2) is 7.65. The Bertz CT molecular complexity index is 741. The molecule has 25 heavy (non-hydrogen) atoms. The van der Waals surface area contributed by atoms with Crippen molar-refractivity contribution >= 4 is 27.0 Å². The molecule has 1 fully saturated rings. The highest BCUT2D eigenvalue weighted by molar-refractivity contribution is 8.13. The van der Waals surface area contributed by atoms with E-state index in [4.69, 9.17) is 4.74 Å². The molecule has 2 heterocycles. The van der Waals surface area contributed by atoms with E-state index in [0.717, 1.165) is 23.8 Å². The normalized spacial score (nSPS) is 21.4. The summed E-state index contributed by atoms with van der Waals surface area (Å²) < 4.78 is 32.2. The van der Waals surface area contributed by atoms with Gasteiger partial charge in [0, 0.05) is 37.3 Å². The molecule has 0 spiro atoms. The van der Waals surface area contributed by atoms with Crippen molar-refractivity contribution in [2.75, 3.05) is 39.4 Å². The summed E-state index contributed by atoms with van der Waals surface area (Å²) in [4.78, 5) is 4.92. The predicted molar refractivity (Wildman–Crippen MR) is 101 cm³/mol. The quantitative estimate of drug-likeness (QED) is 0.860. The van der Waals surface area contributed by atoms with E-state index in [0.29, 0.717) is 37.0 Å². The lowest BCUT2D eigenvalue weighted by Gasteiger charge is -2.28. The first kappa shape index (κ1) is 18.7. The summed E-state index contributed by atoms with van der Waals surface area (Å²) >= 11 is 1.62. The maximum absolute atomic E-state index is 12.7.